The van der Waals surface area contributed by atoms with Crippen molar-refractivity contribution in [2.45, 2.75) is 6.92 Å². The van der Waals surface area contributed by atoms with Gasteiger partial charge in [-0.1, -0.05) is 0 Å². The van der Waals surface area contributed by atoms with Crippen molar-refractivity contribution in [3.05, 3.63) is 45.8 Å². The van der Waals surface area contributed by atoms with E-state index in [1.54, 1.807) is 48.4 Å². The average molecular weight is 311 g/mol. The van der Waals surface area contributed by atoms with Crippen LogP contribution in [0.2, 0.25) is 0 Å². The summed E-state index contributed by atoms with van der Waals surface area (Å²) >= 11 is 0. The number of nitriles is 2. The summed E-state index contributed by atoms with van der Waals surface area (Å²) in [6, 6.07) is 10.3. The lowest BCUT2D eigenvalue weighted by Crippen LogP contribution is -2.19. The van der Waals surface area contributed by atoms with E-state index in [0.29, 0.717) is 11.0 Å². The molecule has 0 fully saturated rings. The lowest BCUT2D eigenvalue weighted by Gasteiger charge is -2.17. The van der Waals surface area contributed by atoms with Crippen LogP contribution in [0.5, 0.6) is 0 Å². The quantitative estimate of drug-likeness (QED) is 0.640. The molecule has 0 bridgehead atoms. The van der Waals surface area contributed by atoms with Gasteiger partial charge < -0.3 is 9.32 Å². The Hall–Kier alpha value is -3.12. The molecule has 0 atom stereocenters. The summed E-state index contributed by atoms with van der Waals surface area (Å²) < 4.78 is 17.7. The van der Waals surface area contributed by atoms with Gasteiger partial charge in [0.05, 0.1) is 5.56 Å². The molecule has 0 saturated carbocycles. The van der Waals surface area contributed by atoms with E-state index in [9.17, 15) is 9.18 Å². The first-order chi connectivity index (χ1) is 11.0. The van der Waals surface area contributed by atoms with E-state index in [1.807, 2.05) is 0 Å². The van der Waals surface area contributed by atoms with E-state index < -0.39 is 12.3 Å². The molecule has 0 aliphatic rings. The van der Waals surface area contributed by atoms with Gasteiger partial charge >= 0.3 is 5.63 Å². The van der Waals surface area contributed by atoms with Crippen LogP contribution in [0.1, 0.15) is 12.5 Å². The topological polar surface area (TPSA) is 81.0 Å². The molecule has 0 aliphatic heterocycles. The number of hydrogen-bond donors (Lipinski definition) is 0. The molecule has 2 rings (SSSR count). The zero-order valence-electron chi connectivity index (χ0n) is 12.8. The molecule has 1 heterocycles. The Bertz CT molecular complexity index is 900. The molecule has 0 N–H and O–H groups in total. The molecule has 0 radical (unpaired) electrons. The van der Waals surface area contributed by atoms with E-state index in [4.69, 9.17) is 14.9 Å². The Morgan fingerprint density at radius 1 is 1.30 bits per heavy atom. The van der Waals surface area contributed by atoms with Crippen LogP contribution < -0.4 is 10.5 Å². The lowest BCUT2D eigenvalue weighted by molar-refractivity contribution is 0.497. The third-order valence-corrected chi connectivity index (χ3v) is 3.58. The van der Waals surface area contributed by atoms with Gasteiger partial charge in [0.15, 0.2) is 0 Å². The standard InChI is InChI=1S/C17H14FN3O2/c1-11(13(9-19)10-20)15-7-12-3-4-14(21(2)6-5-18)8-16(12)23-17(15)22/h3-4,7-8H,5-6H2,1-2H3. The first-order valence-corrected chi connectivity index (χ1v) is 6.88. The maximum absolute atomic E-state index is 12.4. The van der Waals surface area contributed by atoms with Crippen LogP contribution in [0.3, 0.4) is 0 Å². The van der Waals surface area contributed by atoms with Gasteiger partial charge in [-0.05, 0) is 30.7 Å². The van der Waals surface area contributed by atoms with Crippen molar-refractivity contribution in [2.24, 2.45) is 0 Å². The zero-order chi connectivity index (χ0) is 17.0. The van der Waals surface area contributed by atoms with Crippen LogP contribution in [0, 0.1) is 22.7 Å². The monoisotopic (exact) mass is 311 g/mol. The van der Waals surface area contributed by atoms with E-state index in [0.717, 1.165) is 5.69 Å². The fourth-order valence-electron chi connectivity index (χ4n) is 2.18. The van der Waals surface area contributed by atoms with E-state index >= 15 is 0 Å². The maximum atomic E-state index is 12.4. The Morgan fingerprint density at radius 3 is 2.61 bits per heavy atom. The maximum Gasteiger partial charge on any atom is 0.343 e. The van der Waals surface area contributed by atoms with Gasteiger partial charge in [-0.2, -0.15) is 10.5 Å². The molecule has 0 amide bonds. The second-order valence-corrected chi connectivity index (χ2v) is 5.00. The molecule has 1 aromatic heterocycles. The van der Waals surface area contributed by atoms with Crippen LogP contribution in [0.15, 0.2) is 39.1 Å². The predicted octanol–water partition coefficient (Wildman–Crippen LogP) is 3.02. The summed E-state index contributed by atoms with van der Waals surface area (Å²) in [7, 11) is 1.74. The molecule has 0 saturated heterocycles. The molecule has 5 nitrogen and oxygen atoms in total. The molecule has 116 valence electrons. The van der Waals surface area contributed by atoms with Gasteiger partial charge in [0.25, 0.3) is 0 Å². The highest BCUT2D eigenvalue weighted by atomic mass is 19.1. The number of rotatable bonds is 4. The summed E-state index contributed by atoms with van der Waals surface area (Å²) in [5.74, 6) is 0. The van der Waals surface area contributed by atoms with Crippen molar-refractivity contribution in [1.82, 2.24) is 0 Å². The summed E-state index contributed by atoms with van der Waals surface area (Å²) in [5.41, 5.74) is 0.808. The lowest BCUT2D eigenvalue weighted by atomic mass is 10.0. The van der Waals surface area contributed by atoms with Gasteiger partial charge in [-0.3, -0.25) is 0 Å². The minimum Gasteiger partial charge on any atom is -0.422 e. The second-order valence-electron chi connectivity index (χ2n) is 5.00. The van der Waals surface area contributed by atoms with Gasteiger partial charge in [0.1, 0.15) is 30.0 Å². The molecule has 0 aliphatic carbocycles. The van der Waals surface area contributed by atoms with E-state index in [2.05, 4.69) is 0 Å². The van der Waals surface area contributed by atoms with Crippen molar-refractivity contribution in [3.8, 4) is 12.1 Å². The fourth-order valence-corrected chi connectivity index (χ4v) is 2.18. The third-order valence-electron chi connectivity index (χ3n) is 3.58. The highest BCUT2D eigenvalue weighted by molar-refractivity contribution is 5.85. The van der Waals surface area contributed by atoms with Crippen LogP contribution >= 0.6 is 0 Å². The minimum absolute atomic E-state index is 0.129. The summed E-state index contributed by atoms with van der Waals surface area (Å²) in [5, 5.41) is 18.5. The molecule has 23 heavy (non-hydrogen) atoms. The van der Waals surface area contributed by atoms with Crippen LogP contribution in [-0.4, -0.2) is 20.3 Å². The van der Waals surface area contributed by atoms with Gasteiger partial charge in [-0.15, -0.1) is 0 Å². The first-order valence-electron chi connectivity index (χ1n) is 6.88. The smallest absolute Gasteiger partial charge is 0.343 e. The molecule has 2 aromatic rings. The zero-order valence-corrected chi connectivity index (χ0v) is 12.8. The SMILES string of the molecule is CC(=C(C#N)C#N)c1cc2ccc(N(C)CCF)cc2oc1=O. The van der Waals surface area contributed by atoms with Crippen LogP contribution in [0.25, 0.3) is 16.5 Å². The van der Waals surface area contributed by atoms with Crippen molar-refractivity contribution in [3.63, 3.8) is 0 Å². The fraction of sp³-hybridized carbons (Fsp3) is 0.235. The van der Waals surface area contributed by atoms with Gasteiger partial charge in [-0.25, -0.2) is 9.18 Å². The second kappa shape index (κ2) is 6.76. The first kappa shape index (κ1) is 16.3. The number of halogens is 1. The minimum atomic E-state index is -0.622. The van der Waals surface area contributed by atoms with Crippen molar-refractivity contribution < 1.29 is 8.81 Å². The number of anilines is 1. The van der Waals surface area contributed by atoms with Crippen molar-refractivity contribution in [1.29, 1.82) is 10.5 Å². The Balaban J connectivity index is 2.59. The Morgan fingerprint density at radius 2 is 2.00 bits per heavy atom. The number of nitrogens with zero attached hydrogens (tertiary/aromatic N) is 3. The molecule has 1 aromatic carbocycles. The molecular weight excluding hydrogens is 297 g/mol. The van der Waals surface area contributed by atoms with Crippen LogP contribution in [-0.2, 0) is 0 Å². The van der Waals surface area contributed by atoms with Crippen molar-refractivity contribution in [2.75, 3.05) is 25.2 Å². The highest BCUT2D eigenvalue weighted by Gasteiger charge is 2.12. The molecular formula is C17H14FN3O2. The Labute approximate surface area is 132 Å². The highest BCUT2D eigenvalue weighted by Crippen LogP contribution is 2.24. The normalized spacial score (nSPS) is 9.96. The Kier molecular flexibility index (Phi) is 4.78. The van der Waals surface area contributed by atoms with Gasteiger partial charge in [0, 0.05) is 30.7 Å². The number of hydrogen-bond acceptors (Lipinski definition) is 5. The summed E-state index contributed by atoms with van der Waals surface area (Å²) in [4.78, 5) is 13.8. The summed E-state index contributed by atoms with van der Waals surface area (Å²) in [6.07, 6.45) is 0. The van der Waals surface area contributed by atoms with Gasteiger partial charge in [0.2, 0.25) is 0 Å². The molecule has 0 spiro atoms. The number of fused-ring (bicyclic) bond motifs is 1. The largest absolute Gasteiger partial charge is 0.422 e. The summed E-state index contributed by atoms with van der Waals surface area (Å²) in [6.45, 7) is 1.29. The van der Waals surface area contributed by atoms with E-state index in [1.165, 1.54) is 6.92 Å². The van der Waals surface area contributed by atoms with E-state index in [-0.39, 0.29) is 23.3 Å². The molecule has 0 unspecified atom stereocenters. The number of benzene rings is 1. The van der Waals surface area contributed by atoms with Crippen molar-refractivity contribution >= 4 is 22.2 Å². The third kappa shape index (κ3) is 3.22. The average Bonchev–Trinajstić information content (AvgIpc) is 2.54. The number of alkyl halides is 1. The predicted molar refractivity (Wildman–Crippen MR) is 85.5 cm³/mol. The van der Waals surface area contributed by atoms with Crippen LogP contribution in [0.4, 0.5) is 10.1 Å². The number of allylic oxidation sites excluding steroid dienone is 2. The molecule has 6 heteroatoms.